The molecule has 0 amide bonds. The SMILES string of the molecule is CC(C)(C)C1=C(C(C)(C)C)CC2(CC1)CC2. The standard InChI is InChI=1S/C16H28/c1-14(2,3)12-7-8-16(9-10-16)11-13(12)15(4,5)6/h7-11H2,1-6H3. The fraction of sp³-hybridized carbons (Fsp3) is 0.875. The van der Waals surface area contributed by atoms with Crippen LogP contribution in [0.1, 0.15) is 73.6 Å². The Bertz CT molecular complexity index is 313. The molecule has 0 aromatic rings. The van der Waals surface area contributed by atoms with Crippen molar-refractivity contribution in [2.45, 2.75) is 73.6 Å². The van der Waals surface area contributed by atoms with Gasteiger partial charge in [-0.05, 0) is 48.3 Å². The molecule has 16 heavy (non-hydrogen) atoms. The van der Waals surface area contributed by atoms with Gasteiger partial charge in [0.15, 0.2) is 0 Å². The normalized spacial score (nSPS) is 25.1. The van der Waals surface area contributed by atoms with Crippen LogP contribution in [0.15, 0.2) is 11.1 Å². The minimum Gasteiger partial charge on any atom is -0.0651 e. The Morgan fingerprint density at radius 2 is 1.25 bits per heavy atom. The van der Waals surface area contributed by atoms with Crippen LogP contribution in [-0.4, -0.2) is 0 Å². The van der Waals surface area contributed by atoms with Crippen molar-refractivity contribution in [1.29, 1.82) is 0 Å². The summed E-state index contributed by atoms with van der Waals surface area (Å²) in [5.74, 6) is 0. The minimum absolute atomic E-state index is 0.374. The van der Waals surface area contributed by atoms with Crippen molar-refractivity contribution in [2.75, 3.05) is 0 Å². The van der Waals surface area contributed by atoms with Crippen LogP contribution in [0.4, 0.5) is 0 Å². The topological polar surface area (TPSA) is 0 Å². The maximum Gasteiger partial charge on any atom is -0.0170 e. The van der Waals surface area contributed by atoms with Crippen LogP contribution in [0.5, 0.6) is 0 Å². The molecule has 2 aliphatic carbocycles. The first-order valence-corrected chi connectivity index (χ1v) is 6.87. The minimum atomic E-state index is 0.374. The zero-order chi connectivity index (χ0) is 12.2. The highest BCUT2D eigenvalue weighted by atomic mass is 14.5. The monoisotopic (exact) mass is 220 g/mol. The lowest BCUT2D eigenvalue weighted by molar-refractivity contribution is 0.324. The molecule has 1 fully saturated rings. The van der Waals surface area contributed by atoms with Gasteiger partial charge in [0.05, 0.1) is 0 Å². The summed E-state index contributed by atoms with van der Waals surface area (Å²) in [4.78, 5) is 0. The molecule has 0 heteroatoms. The molecule has 0 saturated heterocycles. The third-order valence-electron chi connectivity index (χ3n) is 4.59. The van der Waals surface area contributed by atoms with E-state index < -0.39 is 0 Å². The van der Waals surface area contributed by atoms with Crippen LogP contribution < -0.4 is 0 Å². The highest BCUT2D eigenvalue weighted by molar-refractivity contribution is 5.30. The van der Waals surface area contributed by atoms with Crippen molar-refractivity contribution in [2.24, 2.45) is 16.2 Å². The summed E-state index contributed by atoms with van der Waals surface area (Å²) >= 11 is 0. The maximum atomic E-state index is 2.40. The molecule has 0 aromatic carbocycles. The molecule has 92 valence electrons. The van der Waals surface area contributed by atoms with Gasteiger partial charge in [-0.2, -0.15) is 0 Å². The van der Waals surface area contributed by atoms with Crippen LogP contribution in [0.25, 0.3) is 0 Å². The summed E-state index contributed by atoms with van der Waals surface area (Å²) in [7, 11) is 0. The molecular formula is C16H28. The van der Waals surface area contributed by atoms with Crippen LogP contribution in [-0.2, 0) is 0 Å². The predicted molar refractivity (Wildman–Crippen MR) is 71.5 cm³/mol. The second-order valence-corrected chi connectivity index (χ2v) is 8.13. The molecule has 1 spiro atoms. The van der Waals surface area contributed by atoms with Crippen molar-refractivity contribution in [3.05, 3.63) is 11.1 Å². The van der Waals surface area contributed by atoms with Crippen LogP contribution in [0.3, 0.4) is 0 Å². The van der Waals surface area contributed by atoms with Crippen molar-refractivity contribution >= 4 is 0 Å². The van der Waals surface area contributed by atoms with Crippen LogP contribution in [0.2, 0.25) is 0 Å². The van der Waals surface area contributed by atoms with Crippen molar-refractivity contribution in [1.82, 2.24) is 0 Å². The largest absolute Gasteiger partial charge is 0.0651 e. The summed E-state index contributed by atoms with van der Waals surface area (Å²) in [5.41, 5.74) is 5.04. The molecule has 0 aromatic heterocycles. The van der Waals surface area contributed by atoms with Crippen molar-refractivity contribution in [3.63, 3.8) is 0 Å². The van der Waals surface area contributed by atoms with Gasteiger partial charge >= 0.3 is 0 Å². The summed E-state index contributed by atoms with van der Waals surface area (Å²) in [6, 6.07) is 0. The molecule has 1 saturated carbocycles. The first kappa shape index (κ1) is 12.2. The van der Waals surface area contributed by atoms with Crippen LogP contribution in [0, 0.1) is 16.2 Å². The van der Waals surface area contributed by atoms with Gasteiger partial charge in [0.25, 0.3) is 0 Å². The third kappa shape index (κ3) is 2.21. The lowest BCUT2D eigenvalue weighted by Crippen LogP contribution is -2.26. The maximum absolute atomic E-state index is 2.40. The van der Waals surface area contributed by atoms with Gasteiger partial charge in [0.1, 0.15) is 0 Å². The zero-order valence-electron chi connectivity index (χ0n) is 12.0. The molecule has 0 atom stereocenters. The number of allylic oxidation sites excluding steroid dienone is 2. The van der Waals surface area contributed by atoms with Crippen molar-refractivity contribution in [3.8, 4) is 0 Å². The molecule has 0 unspecified atom stereocenters. The predicted octanol–water partition coefficient (Wildman–Crippen LogP) is 5.34. The fourth-order valence-corrected chi connectivity index (χ4v) is 3.26. The molecule has 0 nitrogen and oxygen atoms in total. The second-order valence-electron chi connectivity index (χ2n) is 8.13. The third-order valence-corrected chi connectivity index (χ3v) is 4.59. The molecule has 2 rings (SSSR count). The fourth-order valence-electron chi connectivity index (χ4n) is 3.26. The van der Waals surface area contributed by atoms with E-state index in [0.717, 1.165) is 5.41 Å². The molecule has 0 heterocycles. The van der Waals surface area contributed by atoms with Gasteiger partial charge in [0, 0.05) is 0 Å². The smallest absolute Gasteiger partial charge is 0.0170 e. The first-order valence-electron chi connectivity index (χ1n) is 6.87. The molecule has 0 N–H and O–H groups in total. The van der Waals surface area contributed by atoms with Gasteiger partial charge in [0.2, 0.25) is 0 Å². The number of hydrogen-bond donors (Lipinski definition) is 0. The summed E-state index contributed by atoms with van der Waals surface area (Å²) in [5, 5.41) is 0. The Labute approximate surface area is 102 Å². The molecule has 0 bridgehead atoms. The van der Waals surface area contributed by atoms with E-state index in [9.17, 15) is 0 Å². The zero-order valence-corrected chi connectivity index (χ0v) is 12.0. The Morgan fingerprint density at radius 3 is 1.62 bits per heavy atom. The molecular weight excluding hydrogens is 192 g/mol. The summed E-state index contributed by atoms with van der Waals surface area (Å²) < 4.78 is 0. The molecule has 0 radical (unpaired) electrons. The van der Waals surface area contributed by atoms with E-state index in [2.05, 4.69) is 41.5 Å². The quantitative estimate of drug-likeness (QED) is 0.483. The average Bonchev–Trinajstić information content (AvgIpc) is 2.81. The Hall–Kier alpha value is -0.260. The van der Waals surface area contributed by atoms with Gasteiger partial charge in [-0.25, -0.2) is 0 Å². The van der Waals surface area contributed by atoms with Crippen LogP contribution >= 0.6 is 0 Å². The van der Waals surface area contributed by atoms with E-state index in [1.807, 2.05) is 0 Å². The van der Waals surface area contributed by atoms with E-state index in [-0.39, 0.29) is 0 Å². The van der Waals surface area contributed by atoms with Gasteiger partial charge < -0.3 is 0 Å². The van der Waals surface area contributed by atoms with E-state index in [1.54, 1.807) is 11.1 Å². The molecule has 2 aliphatic rings. The van der Waals surface area contributed by atoms with E-state index in [1.165, 1.54) is 32.1 Å². The van der Waals surface area contributed by atoms with E-state index >= 15 is 0 Å². The Kier molecular flexibility index (Phi) is 2.57. The number of rotatable bonds is 0. The Balaban J connectivity index is 2.38. The first-order chi connectivity index (χ1) is 7.14. The van der Waals surface area contributed by atoms with Gasteiger partial charge in [-0.3, -0.25) is 0 Å². The lowest BCUT2D eigenvalue weighted by atomic mass is 9.66. The van der Waals surface area contributed by atoms with Crippen molar-refractivity contribution < 1.29 is 0 Å². The van der Waals surface area contributed by atoms with E-state index in [0.29, 0.717) is 10.8 Å². The number of hydrogen-bond acceptors (Lipinski definition) is 0. The van der Waals surface area contributed by atoms with E-state index in [4.69, 9.17) is 0 Å². The highest BCUT2D eigenvalue weighted by Gasteiger charge is 2.47. The van der Waals surface area contributed by atoms with Gasteiger partial charge in [-0.1, -0.05) is 52.7 Å². The summed E-state index contributed by atoms with van der Waals surface area (Å²) in [6.07, 6.45) is 7.19. The second kappa shape index (κ2) is 3.37. The van der Waals surface area contributed by atoms with Gasteiger partial charge in [-0.15, -0.1) is 0 Å². The average molecular weight is 220 g/mol. The molecule has 0 aliphatic heterocycles. The summed E-state index contributed by atoms with van der Waals surface area (Å²) in [6.45, 7) is 14.4. The Morgan fingerprint density at radius 1 is 0.750 bits per heavy atom. The lowest BCUT2D eigenvalue weighted by Gasteiger charge is -2.40. The highest BCUT2D eigenvalue weighted by Crippen LogP contribution is 2.61.